The standard InChI is InChI=1S/C8H15NO2S/c10-4-1-5-12-6-8(11)9-7-2-3-7/h7,10H,1-6H2,(H,9,11). The van der Waals surface area contributed by atoms with Crippen LogP contribution in [0.4, 0.5) is 0 Å². The van der Waals surface area contributed by atoms with Gasteiger partial charge in [0.05, 0.1) is 5.75 Å². The van der Waals surface area contributed by atoms with E-state index in [2.05, 4.69) is 5.32 Å². The third-order valence-corrected chi connectivity index (χ3v) is 2.67. The van der Waals surface area contributed by atoms with Gasteiger partial charge in [0.25, 0.3) is 0 Å². The van der Waals surface area contributed by atoms with Crippen molar-refractivity contribution in [1.82, 2.24) is 5.32 Å². The second kappa shape index (κ2) is 5.43. The summed E-state index contributed by atoms with van der Waals surface area (Å²) >= 11 is 1.58. The van der Waals surface area contributed by atoms with Gasteiger partial charge in [-0.2, -0.15) is 11.8 Å². The number of carbonyl (C=O) groups is 1. The van der Waals surface area contributed by atoms with Crippen LogP contribution in [0.3, 0.4) is 0 Å². The molecule has 2 N–H and O–H groups in total. The highest BCUT2D eigenvalue weighted by Crippen LogP contribution is 2.18. The molecule has 1 fully saturated rings. The van der Waals surface area contributed by atoms with Crippen LogP contribution in [0.1, 0.15) is 19.3 Å². The summed E-state index contributed by atoms with van der Waals surface area (Å²) in [6, 6.07) is 0.468. The van der Waals surface area contributed by atoms with Crippen LogP contribution in [0.5, 0.6) is 0 Å². The van der Waals surface area contributed by atoms with E-state index in [-0.39, 0.29) is 12.5 Å². The summed E-state index contributed by atoms with van der Waals surface area (Å²) in [5.41, 5.74) is 0. The zero-order valence-corrected chi connectivity index (χ0v) is 7.90. The average Bonchev–Trinajstić information content (AvgIpc) is 2.82. The summed E-state index contributed by atoms with van der Waals surface area (Å²) in [6.45, 7) is 0.219. The second-order valence-electron chi connectivity index (χ2n) is 2.97. The first-order valence-corrected chi connectivity index (χ1v) is 5.46. The molecule has 0 aromatic heterocycles. The lowest BCUT2D eigenvalue weighted by Crippen LogP contribution is -2.27. The number of aliphatic hydroxyl groups excluding tert-OH is 1. The molecule has 0 aromatic rings. The molecular weight excluding hydrogens is 174 g/mol. The van der Waals surface area contributed by atoms with Crippen molar-refractivity contribution in [3.05, 3.63) is 0 Å². The van der Waals surface area contributed by atoms with Gasteiger partial charge in [0.15, 0.2) is 0 Å². The molecule has 1 rings (SSSR count). The van der Waals surface area contributed by atoms with Crippen molar-refractivity contribution in [1.29, 1.82) is 0 Å². The highest BCUT2D eigenvalue weighted by atomic mass is 32.2. The van der Waals surface area contributed by atoms with Crippen molar-refractivity contribution in [2.24, 2.45) is 0 Å². The molecule has 1 saturated carbocycles. The fourth-order valence-electron chi connectivity index (χ4n) is 0.828. The smallest absolute Gasteiger partial charge is 0.230 e. The number of nitrogens with one attached hydrogen (secondary N) is 1. The van der Waals surface area contributed by atoms with Crippen LogP contribution >= 0.6 is 11.8 Å². The predicted molar refractivity (Wildman–Crippen MR) is 50.2 cm³/mol. The van der Waals surface area contributed by atoms with E-state index in [1.165, 1.54) is 0 Å². The Morgan fingerprint density at radius 3 is 2.92 bits per heavy atom. The molecule has 0 unspecified atom stereocenters. The molecule has 0 heterocycles. The summed E-state index contributed by atoms with van der Waals surface area (Å²) in [5.74, 6) is 1.55. The van der Waals surface area contributed by atoms with Gasteiger partial charge in [-0.3, -0.25) is 4.79 Å². The maximum absolute atomic E-state index is 11.1. The molecule has 1 aliphatic rings. The minimum absolute atomic E-state index is 0.139. The van der Waals surface area contributed by atoms with Gasteiger partial charge in [-0.1, -0.05) is 0 Å². The van der Waals surface area contributed by atoms with Gasteiger partial charge in [-0.25, -0.2) is 0 Å². The number of rotatable bonds is 6. The van der Waals surface area contributed by atoms with E-state index in [9.17, 15) is 4.79 Å². The molecule has 3 nitrogen and oxygen atoms in total. The Balaban J connectivity index is 1.87. The Morgan fingerprint density at radius 1 is 1.58 bits per heavy atom. The second-order valence-corrected chi connectivity index (χ2v) is 4.08. The maximum atomic E-state index is 11.1. The van der Waals surface area contributed by atoms with Crippen molar-refractivity contribution in [2.45, 2.75) is 25.3 Å². The first-order chi connectivity index (χ1) is 5.83. The van der Waals surface area contributed by atoms with Crippen LogP contribution in [-0.2, 0) is 4.79 Å². The minimum Gasteiger partial charge on any atom is -0.396 e. The molecule has 0 aliphatic heterocycles. The van der Waals surface area contributed by atoms with E-state index < -0.39 is 0 Å². The third kappa shape index (κ3) is 4.62. The predicted octanol–water partition coefficient (Wildman–Crippen LogP) is 0.381. The molecular formula is C8H15NO2S. The fraction of sp³-hybridized carbons (Fsp3) is 0.875. The zero-order valence-electron chi connectivity index (χ0n) is 7.08. The molecule has 0 radical (unpaired) electrons. The summed E-state index contributed by atoms with van der Waals surface area (Å²) < 4.78 is 0. The van der Waals surface area contributed by atoms with Gasteiger partial charge in [-0.15, -0.1) is 0 Å². The molecule has 4 heteroatoms. The van der Waals surface area contributed by atoms with E-state index in [0.717, 1.165) is 25.0 Å². The van der Waals surface area contributed by atoms with Crippen molar-refractivity contribution in [3.8, 4) is 0 Å². The van der Waals surface area contributed by atoms with Crippen LogP contribution in [-0.4, -0.2) is 35.2 Å². The van der Waals surface area contributed by atoms with E-state index >= 15 is 0 Å². The van der Waals surface area contributed by atoms with Crippen molar-refractivity contribution >= 4 is 17.7 Å². The van der Waals surface area contributed by atoms with E-state index in [4.69, 9.17) is 5.11 Å². The maximum Gasteiger partial charge on any atom is 0.230 e. The number of aliphatic hydroxyl groups is 1. The van der Waals surface area contributed by atoms with Crippen molar-refractivity contribution in [3.63, 3.8) is 0 Å². The van der Waals surface area contributed by atoms with E-state index in [1.54, 1.807) is 11.8 Å². The van der Waals surface area contributed by atoms with Crippen molar-refractivity contribution < 1.29 is 9.90 Å². The lowest BCUT2D eigenvalue weighted by atomic mass is 10.5. The normalized spacial score (nSPS) is 16.1. The monoisotopic (exact) mass is 189 g/mol. The van der Waals surface area contributed by atoms with Gasteiger partial charge < -0.3 is 10.4 Å². The molecule has 0 saturated heterocycles. The highest BCUT2D eigenvalue weighted by molar-refractivity contribution is 7.99. The number of hydrogen-bond donors (Lipinski definition) is 2. The van der Waals surface area contributed by atoms with Crippen LogP contribution in [0.25, 0.3) is 0 Å². The summed E-state index contributed by atoms with van der Waals surface area (Å²) in [5, 5.41) is 11.4. The minimum atomic E-state index is 0.139. The third-order valence-electron chi connectivity index (χ3n) is 1.62. The Labute approximate surface area is 76.9 Å². The quantitative estimate of drug-likeness (QED) is 0.594. The number of hydrogen-bond acceptors (Lipinski definition) is 3. The Hall–Kier alpha value is -0.220. The van der Waals surface area contributed by atoms with Crippen LogP contribution < -0.4 is 5.32 Å². The average molecular weight is 189 g/mol. The van der Waals surface area contributed by atoms with Crippen LogP contribution in [0.15, 0.2) is 0 Å². The molecule has 0 aromatic carbocycles. The van der Waals surface area contributed by atoms with Crippen molar-refractivity contribution in [2.75, 3.05) is 18.1 Å². The molecule has 1 aliphatic carbocycles. The fourth-order valence-corrected chi connectivity index (χ4v) is 1.57. The molecule has 70 valence electrons. The number of thioether (sulfide) groups is 1. The van der Waals surface area contributed by atoms with Gasteiger partial charge in [0, 0.05) is 12.6 Å². The Bertz CT molecular complexity index is 148. The zero-order chi connectivity index (χ0) is 8.81. The Kier molecular flexibility index (Phi) is 4.46. The van der Waals surface area contributed by atoms with Crippen LogP contribution in [0.2, 0.25) is 0 Å². The SMILES string of the molecule is O=C(CSCCCO)NC1CC1. The molecule has 0 atom stereocenters. The van der Waals surface area contributed by atoms with Gasteiger partial charge in [-0.05, 0) is 25.0 Å². The first-order valence-electron chi connectivity index (χ1n) is 4.31. The van der Waals surface area contributed by atoms with Gasteiger partial charge in [0.1, 0.15) is 0 Å². The molecule has 1 amide bonds. The molecule has 0 spiro atoms. The van der Waals surface area contributed by atoms with Gasteiger partial charge in [0.2, 0.25) is 5.91 Å². The lowest BCUT2D eigenvalue weighted by molar-refractivity contribution is -0.118. The Morgan fingerprint density at radius 2 is 2.33 bits per heavy atom. The lowest BCUT2D eigenvalue weighted by Gasteiger charge is -2.01. The first kappa shape index (κ1) is 9.86. The topological polar surface area (TPSA) is 49.3 Å². The summed E-state index contributed by atoms with van der Waals surface area (Å²) in [7, 11) is 0. The number of carbonyl (C=O) groups excluding carboxylic acids is 1. The largest absolute Gasteiger partial charge is 0.396 e. The van der Waals surface area contributed by atoms with Crippen LogP contribution in [0, 0.1) is 0 Å². The summed E-state index contributed by atoms with van der Waals surface area (Å²) in [6.07, 6.45) is 3.07. The van der Waals surface area contributed by atoms with E-state index in [0.29, 0.717) is 11.8 Å². The van der Waals surface area contributed by atoms with E-state index in [1.807, 2.05) is 0 Å². The van der Waals surface area contributed by atoms with Gasteiger partial charge >= 0.3 is 0 Å². The molecule has 0 bridgehead atoms. The number of amides is 1. The molecule has 12 heavy (non-hydrogen) atoms. The highest BCUT2D eigenvalue weighted by Gasteiger charge is 2.22. The summed E-state index contributed by atoms with van der Waals surface area (Å²) in [4.78, 5) is 11.1.